The van der Waals surface area contributed by atoms with Gasteiger partial charge in [-0.3, -0.25) is 4.79 Å². The van der Waals surface area contributed by atoms with Crippen LogP contribution in [0.2, 0.25) is 0 Å². The minimum Gasteiger partial charge on any atom is -0.355 e. The third kappa shape index (κ3) is 7.37. The van der Waals surface area contributed by atoms with Crippen LogP contribution in [-0.4, -0.2) is 25.0 Å². The molecule has 0 saturated carbocycles. The third-order valence-corrected chi connectivity index (χ3v) is 2.43. The van der Waals surface area contributed by atoms with Crippen molar-refractivity contribution in [3.05, 3.63) is 0 Å². The van der Waals surface area contributed by atoms with E-state index in [2.05, 4.69) is 24.5 Å². The van der Waals surface area contributed by atoms with E-state index in [1.54, 1.807) is 0 Å². The van der Waals surface area contributed by atoms with E-state index in [4.69, 9.17) is 0 Å². The Morgan fingerprint density at radius 2 is 1.80 bits per heavy atom. The summed E-state index contributed by atoms with van der Waals surface area (Å²) in [4.78, 5) is 11.7. The van der Waals surface area contributed by atoms with Crippen molar-refractivity contribution >= 4 is 5.91 Å². The Kier molecular flexibility index (Phi) is 9.59. The fourth-order valence-electron chi connectivity index (χ4n) is 1.48. The number of carbonyl (C=O) groups is 1. The molecule has 1 unspecified atom stereocenters. The van der Waals surface area contributed by atoms with E-state index >= 15 is 0 Å². The van der Waals surface area contributed by atoms with Gasteiger partial charge in [0.2, 0.25) is 5.91 Å². The predicted molar refractivity (Wildman–Crippen MR) is 64.9 cm³/mol. The molecule has 0 aliphatic rings. The van der Waals surface area contributed by atoms with E-state index in [9.17, 15) is 4.79 Å². The van der Waals surface area contributed by atoms with Gasteiger partial charge >= 0.3 is 0 Å². The van der Waals surface area contributed by atoms with Gasteiger partial charge in [-0.25, -0.2) is 0 Å². The Labute approximate surface area is 94.0 Å². The summed E-state index contributed by atoms with van der Waals surface area (Å²) in [6.45, 7) is 7.94. The molecule has 0 spiro atoms. The van der Waals surface area contributed by atoms with Crippen molar-refractivity contribution < 1.29 is 4.79 Å². The summed E-state index contributed by atoms with van der Waals surface area (Å²) in [6, 6.07) is 0.0106. The third-order valence-electron chi connectivity index (χ3n) is 2.43. The van der Waals surface area contributed by atoms with Crippen LogP contribution in [-0.2, 0) is 4.79 Å². The number of unbranched alkanes of at least 4 members (excludes halogenated alkanes) is 2. The molecule has 1 amide bonds. The zero-order valence-corrected chi connectivity index (χ0v) is 10.4. The maximum absolute atomic E-state index is 11.7. The summed E-state index contributed by atoms with van der Waals surface area (Å²) in [5, 5.41) is 6.21. The number of carbonyl (C=O) groups excluding carboxylic acids is 1. The van der Waals surface area contributed by atoms with Gasteiger partial charge in [0, 0.05) is 6.54 Å². The first kappa shape index (κ1) is 14.4. The molecule has 3 heteroatoms. The summed E-state index contributed by atoms with van der Waals surface area (Å²) < 4.78 is 0. The lowest BCUT2D eigenvalue weighted by atomic mass is 10.1. The van der Waals surface area contributed by atoms with Gasteiger partial charge in [-0.05, 0) is 26.3 Å². The van der Waals surface area contributed by atoms with Gasteiger partial charge in [-0.1, -0.05) is 33.1 Å². The molecule has 90 valence electrons. The van der Waals surface area contributed by atoms with Crippen molar-refractivity contribution in [1.29, 1.82) is 0 Å². The van der Waals surface area contributed by atoms with Crippen molar-refractivity contribution in [2.24, 2.45) is 0 Å². The molecule has 0 rings (SSSR count). The summed E-state index contributed by atoms with van der Waals surface area (Å²) in [5.74, 6) is 0.155. The average molecular weight is 214 g/mol. The van der Waals surface area contributed by atoms with Crippen LogP contribution in [0.1, 0.15) is 52.9 Å². The summed E-state index contributed by atoms with van der Waals surface area (Å²) >= 11 is 0. The molecule has 15 heavy (non-hydrogen) atoms. The maximum Gasteiger partial charge on any atom is 0.237 e. The van der Waals surface area contributed by atoms with Gasteiger partial charge < -0.3 is 10.6 Å². The molecular formula is C12H26N2O. The van der Waals surface area contributed by atoms with Gasteiger partial charge in [0.1, 0.15) is 0 Å². The number of likely N-dealkylation sites (N-methyl/N-ethyl adjacent to an activating group) is 1. The monoisotopic (exact) mass is 214 g/mol. The smallest absolute Gasteiger partial charge is 0.237 e. The van der Waals surface area contributed by atoms with Crippen LogP contribution < -0.4 is 10.6 Å². The molecule has 3 nitrogen and oxygen atoms in total. The van der Waals surface area contributed by atoms with Crippen LogP contribution in [0.25, 0.3) is 0 Å². The van der Waals surface area contributed by atoms with E-state index in [1.807, 2.05) is 6.92 Å². The highest BCUT2D eigenvalue weighted by Crippen LogP contribution is 2.01. The van der Waals surface area contributed by atoms with Crippen molar-refractivity contribution in [2.75, 3.05) is 13.1 Å². The second kappa shape index (κ2) is 9.97. The van der Waals surface area contributed by atoms with Crippen molar-refractivity contribution in [2.45, 2.75) is 58.9 Å². The second-order valence-electron chi connectivity index (χ2n) is 3.90. The van der Waals surface area contributed by atoms with Gasteiger partial charge in [0.25, 0.3) is 0 Å². The summed E-state index contributed by atoms with van der Waals surface area (Å²) in [7, 11) is 0. The van der Waals surface area contributed by atoms with Crippen LogP contribution >= 0.6 is 0 Å². The van der Waals surface area contributed by atoms with E-state index in [1.165, 1.54) is 6.42 Å². The SMILES string of the molecule is CCCCNC(CCCC)C(=O)NCC. The largest absolute Gasteiger partial charge is 0.355 e. The van der Waals surface area contributed by atoms with Crippen LogP contribution in [0.3, 0.4) is 0 Å². The number of nitrogens with one attached hydrogen (secondary N) is 2. The molecule has 0 fully saturated rings. The predicted octanol–water partition coefficient (Wildman–Crippen LogP) is 2.07. The Balaban J connectivity index is 3.87. The number of amides is 1. The van der Waals surface area contributed by atoms with Crippen molar-refractivity contribution in [3.63, 3.8) is 0 Å². The fourth-order valence-corrected chi connectivity index (χ4v) is 1.48. The highest BCUT2D eigenvalue weighted by molar-refractivity contribution is 5.81. The number of hydrogen-bond donors (Lipinski definition) is 2. The fraction of sp³-hybridized carbons (Fsp3) is 0.917. The lowest BCUT2D eigenvalue weighted by Crippen LogP contribution is -2.44. The van der Waals surface area contributed by atoms with E-state index in [0.29, 0.717) is 0 Å². The molecular weight excluding hydrogens is 188 g/mol. The summed E-state index contributed by atoms with van der Waals surface area (Å²) in [6.07, 6.45) is 5.52. The standard InChI is InChI=1S/C12H26N2O/c1-4-7-9-11(12(15)13-6-3)14-10-8-5-2/h11,14H,4-10H2,1-3H3,(H,13,15). The number of hydrogen-bond acceptors (Lipinski definition) is 2. The van der Waals surface area contributed by atoms with E-state index in [-0.39, 0.29) is 11.9 Å². The summed E-state index contributed by atoms with van der Waals surface area (Å²) in [5.41, 5.74) is 0. The lowest BCUT2D eigenvalue weighted by Gasteiger charge is -2.17. The molecule has 0 aromatic carbocycles. The Morgan fingerprint density at radius 1 is 1.13 bits per heavy atom. The van der Waals surface area contributed by atoms with Crippen LogP contribution in [0.15, 0.2) is 0 Å². The molecule has 0 heterocycles. The van der Waals surface area contributed by atoms with Gasteiger partial charge in [0.15, 0.2) is 0 Å². The highest BCUT2D eigenvalue weighted by atomic mass is 16.2. The molecule has 0 saturated heterocycles. The minimum absolute atomic E-state index is 0.0106. The first-order chi connectivity index (χ1) is 7.26. The molecule has 0 aliphatic carbocycles. The van der Waals surface area contributed by atoms with Gasteiger partial charge in [0.05, 0.1) is 6.04 Å². The highest BCUT2D eigenvalue weighted by Gasteiger charge is 2.15. The van der Waals surface area contributed by atoms with Gasteiger partial charge in [-0.2, -0.15) is 0 Å². The lowest BCUT2D eigenvalue weighted by molar-refractivity contribution is -0.123. The van der Waals surface area contributed by atoms with Crippen molar-refractivity contribution in [1.82, 2.24) is 10.6 Å². The van der Waals surface area contributed by atoms with E-state index < -0.39 is 0 Å². The zero-order valence-electron chi connectivity index (χ0n) is 10.4. The van der Waals surface area contributed by atoms with Crippen LogP contribution in [0, 0.1) is 0 Å². The molecule has 0 aliphatic heterocycles. The maximum atomic E-state index is 11.7. The van der Waals surface area contributed by atoms with Crippen LogP contribution in [0.5, 0.6) is 0 Å². The second-order valence-corrected chi connectivity index (χ2v) is 3.90. The molecule has 0 aromatic heterocycles. The molecule has 0 aromatic rings. The topological polar surface area (TPSA) is 41.1 Å². The quantitative estimate of drug-likeness (QED) is 0.577. The van der Waals surface area contributed by atoms with Crippen molar-refractivity contribution in [3.8, 4) is 0 Å². The van der Waals surface area contributed by atoms with Gasteiger partial charge in [-0.15, -0.1) is 0 Å². The first-order valence-electron chi connectivity index (χ1n) is 6.27. The van der Waals surface area contributed by atoms with Crippen LogP contribution in [0.4, 0.5) is 0 Å². The Morgan fingerprint density at radius 3 is 2.33 bits per heavy atom. The zero-order chi connectivity index (χ0) is 11.5. The molecule has 2 N–H and O–H groups in total. The average Bonchev–Trinajstić information content (AvgIpc) is 2.23. The molecule has 0 radical (unpaired) electrons. The normalized spacial score (nSPS) is 12.5. The first-order valence-corrected chi connectivity index (χ1v) is 6.27. The Bertz CT molecular complexity index is 160. The molecule has 0 bridgehead atoms. The van der Waals surface area contributed by atoms with E-state index in [0.717, 1.165) is 38.8 Å². The Hall–Kier alpha value is -0.570. The molecule has 1 atom stereocenters. The minimum atomic E-state index is 0.0106. The number of rotatable bonds is 9.